The summed E-state index contributed by atoms with van der Waals surface area (Å²) in [7, 11) is 5.09. The van der Waals surface area contributed by atoms with Crippen molar-refractivity contribution in [1.82, 2.24) is 4.90 Å². The van der Waals surface area contributed by atoms with Gasteiger partial charge in [0.15, 0.2) is 0 Å². The Balaban J connectivity index is 3.46. The molecule has 0 aliphatic carbocycles. The molecule has 0 aliphatic heterocycles. The van der Waals surface area contributed by atoms with Crippen molar-refractivity contribution >= 4 is 0 Å². The highest BCUT2D eigenvalue weighted by Crippen LogP contribution is 1.95. The van der Waals surface area contributed by atoms with Gasteiger partial charge in [0.25, 0.3) is 0 Å². The van der Waals surface area contributed by atoms with E-state index in [1.54, 1.807) is 0 Å². The molecule has 0 amide bonds. The van der Waals surface area contributed by atoms with Crippen molar-refractivity contribution in [3.8, 4) is 0 Å². The second-order valence-corrected chi connectivity index (χ2v) is 1.71. The van der Waals surface area contributed by atoms with Crippen LogP contribution in [0.25, 0.3) is 0 Å². The number of nitrogens with zero attached hydrogens (tertiary/aromatic N) is 1. The summed E-state index contributed by atoms with van der Waals surface area (Å²) in [6.07, 6.45) is -1.59. The first kappa shape index (κ1) is 7.88. The molecule has 0 bridgehead atoms. The maximum absolute atomic E-state index is 8.63. The van der Waals surface area contributed by atoms with Gasteiger partial charge in [0.05, 0.1) is 0 Å². The van der Waals surface area contributed by atoms with E-state index in [1.807, 2.05) is 0 Å². The van der Waals surface area contributed by atoms with Crippen LogP contribution in [0, 0.1) is 7.05 Å². The third kappa shape index (κ3) is 2.26. The third-order valence-corrected chi connectivity index (χ3v) is 0.863. The van der Waals surface area contributed by atoms with Crippen molar-refractivity contribution in [2.45, 2.75) is 26.3 Å². The van der Waals surface area contributed by atoms with Crippen LogP contribution in [-0.2, 0) is 0 Å². The molecule has 0 saturated heterocycles. The van der Waals surface area contributed by atoms with Gasteiger partial charge in [0.2, 0.25) is 0 Å². The number of hydrogen-bond donors (Lipinski definition) is 2. The normalized spacial score (nSPS) is 18.8. The van der Waals surface area contributed by atoms with Gasteiger partial charge in [-0.25, -0.2) is 4.90 Å². The summed E-state index contributed by atoms with van der Waals surface area (Å²) in [5.74, 6) is 0. The van der Waals surface area contributed by atoms with Crippen molar-refractivity contribution in [1.29, 1.82) is 0 Å². The highest BCUT2D eigenvalue weighted by Gasteiger charge is 2.08. The molecule has 2 atom stereocenters. The maximum Gasteiger partial charge on any atom is 0.106 e. The summed E-state index contributed by atoms with van der Waals surface area (Å²) in [5.41, 5.74) is 0. The van der Waals surface area contributed by atoms with Crippen LogP contribution in [0.3, 0.4) is 0 Å². The van der Waals surface area contributed by atoms with Crippen molar-refractivity contribution in [2.75, 3.05) is 0 Å². The minimum absolute atomic E-state index is 0.796. The van der Waals surface area contributed by atoms with Gasteiger partial charge in [-0.2, -0.15) is 0 Å². The van der Waals surface area contributed by atoms with Crippen LogP contribution in [0.5, 0.6) is 0 Å². The largest absolute Gasteiger partial charge is 0.379 e. The topological polar surface area (TPSA) is 43.7 Å². The number of hydrogen-bond acceptors (Lipinski definition) is 3. The second-order valence-electron chi connectivity index (χ2n) is 1.71. The van der Waals surface area contributed by atoms with Crippen molar-refractivity contribution < 1.29 is 10.2 Å². The lowest BCUT2D eigenvalue weighted by Crippen LogP contribution is -2.34. The Hall–Kier alpha value is -0.120. The van der Waals surface area contributed by atoms with Gasteiger partial charge in [0, 0.05) is 7.05 Å². The molecule has 3 heteroatoms. The molecule has 48 valence electrons. The molecule has 0 aromatic rings. The molecule has 2 N–H and O–H groups in total. The van der Waals surface area contributed by atoms with Crippen LogP contribution in [0.4, 0.5) is 0 Å². The Morgan fingerprint density at radius 1 is 1.25 bits per heavy atom. The number of aliphatic hydroxyl groups is 2. The molecule has 0 spiro atoms. The zero-order chi connectivity index (χ0) is 6.73. The summed E-state index contributed by atoms with van der Waals surface area (Å²) in [6, 6.07) is 0. The summed E-state index contributed by atoms with van der Waals surface area (Å²) < 4.78 is 0. The van der Waals surface area contributed by atoms with Crippen molar-refractivity contribution in [3.63, 3.8) is 0 Å². The lowest BCUT2D eigenvalue weighted by molar-refractivity contribution is -0.0536. The van der Waals surface area contributed by atoms with E-state index in [4.69, 9.17) is 17.3 Å². The standard InChI is InChI=1S/C5H11NO2/c1-4(7)6(3)5(2)8/h3-5,7-8H,1-2H3. The predicted molar refractivity (Wildman–Crippen MR) is 29.5 cm³/mol. The van der Waals surface area contributed by atoms with E-state index in [-0.39, 0.29) is 0 Å². The predicted octanol–water partition coefficient (Wildman–Crippen LogP) is -0.366. The van der Waals surface area contributed by atoms with E-state index in [9.17, 15) is 0 Å². The van der Waals surface area contributed by atoms with E-state index in [0.717, 1.165) is 4.90 Å². The maximum atomic E-state index is 8.63. The molecule has 0 heterocycles. The summed E-state index contributed by atoms with van der Waals surface area (Å²) in [6.45, 7) is 2.96. The number of rotatable bonds is 2. The van der Waals surface area contributed by atoms with E-state index in [2.05, 4.69) is 0 Å². The first-order valence-corrected chi connectivity index (χ1v) is 2.45. The van der Waals surface area contributed by atoms with Gasteiger partial charge in [-0.15, -0.1) is 0 Å². The fourth-order valence-corrected chi connectivity index (χ4v) is 0.312. The SMILES string of the molecule is [CH]N(C(C)O)C(C)O. The van der Waals surface area contributed by atoms with E-state index in [1.165, 1.54) is 13.8 Å². The summed E-state index contributed by atoms with van der Waals surface area (Å²) in [4.78, 5) is 0.944. The van der Waals surface area contributed by atoms with E-state index < -0.39 is 12.5 Å². The van der Waals surface area contributed by atoms with Crippen molar-refractivity contribution in [2.24, 2.45) is 0 Å². The monoisotopic (exact) mass is 117 g/mol. The fourth-order valence-electron chi connectivity index (χ4n) is 0.312. The zero-order valence-electron chi connectivity index (χ0n) is 5.07. The van der Waals surface area contributed by atoms with Crippen LogP contribution >= 0.6 is 0 Å². The molecule has 0 aromatic carbocycles. The molecule has 2 unspecified atom stereocenters. The fraction of sp³-hybridized carbons (Fsp3) is 0.800. The quantitative estimate of drug-likeness (QED) is 0.383. The number of aliphatic hydroxyl groups excluding tert-OH is 2. The lowest BCUT2D eigenvalue weighted by atomic mass is 10.5. The van der Waals surface area contributed by atoms with Crippen LogP contribution < -0.4 is 0 Å². The Kier molecular flexibility index (Phi) is 2.97. The summed E-state index contributed by atoms with van der Waals surface area (Å²) in [5, 5.41) is 17.3. The summed E-state index contributed by atoms with van der Waals surface area (Å²) >= 11 is 0. The van der Waals surface area contributed by atoms with Gasteiger partial charge in [-0.1, -0.05) is 0 Å². The molecule has 2 radical (unpaired) electrons. The molecule has 3 nitrogen and oxygen atoms in total. The first-order valence-electron chi connectivity index (χ1n) is 2.45. The Bertz CT molecular complexity index is 55.4. The molecule has 0 aliphatic rings. The van der Waals surface area contributed by atoms with Crippen LogP contribution in [0.2, 0.25) is 0 Å². The molecule has 0 fully saturated rings. The average Bonchev–Trinajstić information content (AvgIpc) is 1.64. The first-order chi connectivity index (χ1) is 3.55. The lowest BCUT2D eigenvalue weighted by Gasteiger charge is -2.21. The second kappa shape index (κ2) is 3.02. The van der Waals surface area contributed by atoms with Crippen LogP contribution in [-0.4, -0.2) is 27.6 Å². The molecule has 0 aromatic heterocycles. The van der Waals surface area contributed by atoms with Crippen LogP contribution in [0.1, 0.15) is 13.8 Å². The van der Waals surface area contributed by atoms with E-state index >= 15 is 0 Å². The minimum atomic E-state index is -0.796. The van der Waals surface area contributed by atoms with Gasteiger partial charge < -0.3 is 10.2 Å². The van der Waals surface area contributed by atoms with Gasteiger partial charge in [-0.3, -0.25) is 0 Å². The van der Waals surface area contributed by atoms with Gasteiger partial charge >= 0.3 is 0 Å². The smallest absolute Gasteiger partial charge is 0.106 e. The van der Waals surface area contributed by atoms with Gasteiger partial charge in [-0.05, 0) is 13.8 Å². The Labute approximate surface area is 49.5 Å². The minimum Gasteiger partial charge on any atom is -0.379 e. The Morgan fingerprint density at radius 3 is 1.50 bits per heavy atom. The molecular weight excluding hydrogens is 106 g/mol. The molecule has 0 saturated carbocycles. The molecular formula is C5H11NO2. The van der Waals surface area contributed by atoms with Crippen LogP contribution in [0.15, 0.2) is 0 Å². The average molecular weight is 117 g/mol. The molecule has 0 rings (SSSR count). The van der Waals surface area contributed by atoms with Gasteiger partial charge in [0.1, 0.15) is 12.5 Å². The highest BCUT2D eigenvalue weighted by atomic mass is 16.3. The highest BCUT2D eigenvalue weighted by molar-refractivity contribution is 4.54. The third-order valence-electron chi connectivity index (χ3n) is 0.863. The Morgan fingerprint density at radius 2 is 1.50 bits per heavy atom. The van der Waals surface area contributed by atoms with Crippen molar-refractivity contribution in [3.05, 3.63) is 7.05 Å². The van der Waals surface area contributed by atoms with E-state index in [0.29, 0.717) is 0 Å². The zero-order valence-corrected chi connectivity index (χ0v) is 5.07. The molecule has 8 heavy (non-hydrogen) atoms.